The molecule has 0 aromatic heterocycles. The number of hydrogen-bond donors (Lipinski definition) is 1. The van der Waals surface area contributed by atoms with E-state index in [1.165, 1.54) is 0 Å². The zero-order chi connectivity index (χ0) is 12.0. The van der Waals surface area contributed by atoms with E-state index in [-0.39, 0.29) is 11.6 Å². The van der Waals surface area contributed by atoms with Crippen molar-refractivity contribution in [3.63, 3.8) is 0 Å². The molecule has 4 nitrogen and oxygen atoms in total. The van der Waals surface area contributed by atoms with E-state index in [2.05, 4.69) is 0 Å². The molecule has 0 saturated heterocycles. The SMILES string of the molecule is CCOC(=O)COc1ccccc1C(N)=S. The molecule has 0 heterocycles. The highest BCUT2D eigenvalue weighted by atomic mass is 32.1. The first-order valence-electron chi connectivity index (χ1n) is 4.82. The van der Waals surface area contributed by atoms with Crippen molar-refractivity contribution in [3.05, 3.63) is 29.8 Å². The molecular weight excluding hydrogens is 226 g/mol. The Kier molecular flexibility index (Phi) is 4.72. The number of carbonyl (C=O) groups is 1. The number of rotatable bonds is 5. The van der Waals surface area contributed by atoms with E-state index in [1.54, 1.807) is 31.2 Å². The highest BCUT2D eigenvalue weighted by molar-refractivity contribution is 7.80. The van der Waals surface area contributed by atoms with Crippen LogP contribution in [0.2, 0.25) is 0 Å². The summed E-state index contributed by atoms with van der Waals surface area (Å²) in [6.07, 6.45) is 0. The molecule has 0 aliphatic rings. The van der Waals surface area contributed by atoms with Gasteiger partial charge in [0.05, 0.1) is 12.2 Å². The summed E-state index contributed by atoms with van der Waals surface area (Å²) in [6.45, 7) is 1.92. The van der Waals surface area contributed by atoms with Gasteiger partial charge in [-0.05, 0) is 19.1 Å². The molecule has 1 rings (SSSR count). The lowest BCUT2D eigenvalue weighted by Crippen LogP contribution is -2.17. The van der Waals surface area contributed by atoms with Gasteiger partial charge in [-0.1, -0.05) is 24.4 Å². The maximum Gasteiger partial charge on any atom is 0.344 e. The highest BCUT2D eigenvalue weighted by Crippen LogP contribution is 2.17. The Morgan fingerprint density at radius 3 is 2.75 bits per heavy atom. The zero-order valence-electron chi connectivity index (χ0n) is 8.93. The second kappa shape index (κ2) is 6.07. The fraction of sp³-hybridized carbons (Fsp3) is 0.273. The number of benzene rings is 1. The molecule has 0 bridgehead atoms. The predicted octanol–water partition coefficient (Wildman–Crippen LogP) is 1.26. The average Bonchev–Trinajstić information content (AvgIpc) is 2.27. The van der Waals surface area contributed by atoms with Gasteiger partial charge >= 0.3 is 5.97 Å². The van der Waals surface area contributed by atoms with Gasteiger partial charge in [0.2, 0.25) is 0 Å². The van der Waals surface area contributed by atoms with Crippen molar-refractivity contribution in [2.75, 3.05) is 13.2 Å². The number of para-hydroxylation sites is 1. The van der Waals surface area contributed by atoms with Gasteiger partial charge in [0.1, 0.15) is 10.7 Å². The smallest absolute Gasteiger partial charge is 0.344 e. The Bertz CT molecular complexity index is 393. The van der Waals surface area contributed by atoms with Crippen LogP contribution in [0, 0.1) is 0 Å². The summed E-state index contributed by atoms with van der Waals surface area (Å²) in [5.74, 6) is 0.0725. The Hall–Kier alpha value is -1.62. The molecule has 0 atom stereocenters. The molecule has 0 aliphatic heterocycles. The van der Waals surface area contributed by atoms with Crippen molar-refractivity contribution in [1.29, 1.82) is 0 Å². The minimum absolute atomic E-state index is 0.145. The first kappa shape index (κ1) is 12.4. The predicted molar refractivity (Wildman–Crippen MR) is 64.5 cm³/mol. The Morgan fingerprint density at radius 2 is 2.12 bits per heavy atom. The van der Waals surface area contributed by atoms with Crippen LogP contribution < -0.4 is 10.5 Å². The topological polar surface area (TPSA) is 61.5 Å². The third-order valence-corrected chi connectivity index (χ3v) is 2.02. The van der Waals surface area contributed by atoms with Gasteiger partial charge in [0.15, 0.2) is 6.61 Å². The van der Waals surface area contributed by atoms with Crippen molar-refractivity contribution < 1.29 is 14.3 Å². The quantitative estimate of drug-likeness (QED) is 0.619. The summed E-state index contributed by atoms with van der Waals surface area (Å²) in [4.78, 5) is 11.3. The number of ether oxygens (including phenoxy) is 2. The Balaban J connectivity index is 2.66. The van der Waals surface area contributed by atoms with Crippen LogP contribution in [0.25, 0.3) is 0 Å². The standard InChI is InChI=1S/C11H13NO3S/c1-2-14-10(13)7-15-9-6-4-3-5-8(9)11(12)16/h3-6H,2,7H2,1H3,(H2,12,16). The van der Waals surface area contributed by atoms with Gasteiger partial charge in [0.25, 0.3) is 0 Å². The summed E-state index contributed by atoms with van der Waals surface area (Å²) < 4.78 is 10.0. The number of esters is 1. The van der Waals surface area contributed by atoms with Crippen LogP contribution in [0.5, 0.6) is 5.75 Å². The zero-order valence-corrected chi connectivity index (χ0v) is 9.75. The fourth-order valence-electron chi connectivity index (χ4n) is 1.14. The lowest BCUT2D eigenvalue weighted by molar-refractivity contribution is -0.145. The van der Waals surface area contributed by atoms with Crippen LogP contribution >= 0.6 is 12.2 Å². The van der Waals surface area contributed by atoms with Crippen LogP contribution in [-0.2, 0) is 9.53 Å². The molecule has 0 saturated carbocycles. The summed E-state index contributed by atoms with van der Waals surface area (Å²) >= 11 is 4.86. The van der Waals surface area contributed by atoms with Gasteiger partial charge in [-0.25, -0.2) is 4.79 Å². The first-order chi connectivity index (χ1) is 7.65. The van der Waals surface area contributed by atoms with E-state index in [4.69, 9.17) is 27.4 Å². The highest BCUT2D eigenvalue weighted by Gasteiger charge is 2.08. The number of nitrogens with two attached hydrogens (primary N) is 1. The van der Waals surface area contributed by atoms with Gasteiger partial charge in [-0.3, -0.25) is 0 Å². The summed E-state index contributed by atoms with van der Waals surface area (Å²) in [6, 6.07) is 7.02. The van der Waals surface area contributed by atoms with Crippen LogP contribution in [0.4, 0.5) is 0 Å². The van der Waals surface area contributed by atoms with E-state index >= 15 is 0 Å². The minimum atomic E-state index is -0.416. The van der Waals surface area contributed by atoms with Crippen molar-refractivity contribution in [1.82, 2.24) is 0 Å². The van der Waals surface area contributed by atoms with Gasteiger partial charge in [-0.15, -0.1) is 0 Å². The minimum Gasteiger partial charge on any atom is -0.481 e. The van der Waals surface area contributed by atoms with Gasteiger partial charge in [-0.2, -0.15) is 0 Å². The molecule has 16 heavy (non-hydrogen) atoms. The van der Waals surface area contributed by atoms with Crippen LogP contribution in [0.1, 0.15) is 12.5 Å². The van der Waals surface area contributed by atoms with Crippen LogP contribution in [0.15, 0.2) is 24.3 Å². The first-order valence-corrected chi connectivity index (χ1v) is 5.23. The molecule has 5 heteroatoms. The second-order valence-corrected chi connectivity index (χ2v) is 3.39. The molecule has 0 aliphatic carbocycles. The van der Waals surface area contributed by atoms with Crippen molar-refractivity contribution >= 4 is 23.2 Å². The molecular formula is C11H13NO3S. The van der Waals surface area contributed by atoms with E-state index < -0.39 is 5.97 Å². The van der Waals surface area contributed by atoms with Crippen LogP contribution in [0.3, 0.4) is 0 Å². The van der Waals surface area contributed by atoms with E-state index in [0.717, 1.165) is 0 Å². The second-order valence-electron chi connectivity index (χ2n) is 2.95. The fourth-order valence-corrected chi connectivity index (χ4v) is 1.30. The number of thiocarbonyl (C=S) groups is 1. The van der Waals surface area contributed by atoms with Crippen molar-refractivity contribution in [2.45, 2.75) is 6.92 Å². The number of carbonyl (C=O) groups excluding carboxylic acids is 1. The third kappa shape index (κ3) is 3.51. The lowest BCUT2D eigenvalue weighted by Gasteiger charge is -2.09. The average molecular weight is 239 g/mol. The molecule has 0 amide bonds. The van der Waals surface area contributed by atoms with E-state index in [0.29, 0.717) is 17.9 Å². The molecule has 0 radical (unpaired) electrons. The van der Waals surface area contributed by atoms with E-state index in [9.17, 15) is 4.79 Å². The Morgan fingerprint density at radius 1 is 1.44 bits per heavy atom. The normalized spacial score (nSPS) is 9.56. The molecule has 1 aromatic carbocycles. The summed E-state index contributed by atoms with van der Waals surface area (Å²) in [5.41, 5.74) is 6.13. The molecule has 1 aromatic rings. The van der Waals surface area contributed by atoms with Crippen molar-refractivity contribution in [3.8, 4) is 5.75 Å². The molecule has 2 N–H and O–H groups in total. The summed E-state index contributed by atoms with van der Waals surface area (Å²) in [7, 11) is 0. The number of hydrogen-bond acceptors (Lipinski definition) is 4. The lowest BCUT2D eigenvalue weighted by atomic mass is 10.2. The summed E-state index contributed by atoms with van der Waals surface area (Å²) in [5, 5.41) is 0. The molecule has 0 spiro atoms. The van der Waals surface area contributed by atoms with Crippen molar-refractivity contribution in [2.24, 2.45) is 5.73 Å². The molecule has 86 valence electrons. The van der Waals surface area contributed by atoms with Crippen LogP contribution in [-0.4, -0.2) is 24.2 Å². The largest absolute Gasteiger partial charge is 0.481 e. The maximum absolute atomic E-state index is 11.1. The van der Waals surface area contributed by atoms with Gasteiger partial charge < -0.3 is 15.2 Å². The monoisotopic (exact) mass is 239 g/mol. The maximum atomic E-state index is 11.1. The van der Waals surface area contributed by atoms with E-state index in [1.807, 2.05) is 0 Å². The molecule has 0 fully saturated rings. The van der Waals surface area contributed by atoms with Gasteiger partial charge in [0, 0.05) is 0 Å². The Labute approximate surface area is 99.3 Å². The third-order valence-electron chi connectivity index (χ3n) is 1.80. The molecule has 0 unspecified atom stereocenters.